The highest BCUT2D eigenvalue weighted by Crippen LogP contribution is 2.41. The van der Waals surface area contributed by atoms with Crippen LogP contribution in [-0.4, -0.2) is 69.5 Å². The van der Waals surface area contributed by atoms with Crippen LogP contribution in [0.1, 0.15) is 6.42 Å². The van der Waals surface area contributed by atoms with Crippen molar-refractivity contribution in [1.82, 2.24) is 0 Å². The number of benzene rings is 1. The average Bonchev–Trinajstić information content (AvgIpc) is 3.02. The monoisotopic (exact) mass is 372 g/mol. The van der Waals surface area contributed by atoms with Gasteiger partial charge in [-0.2, -0.15) is 8.78 Å². The lowest BCUT2D eigenvalue weighted by molar-refractivity contribution is -0.324. The molecule has 0 bridgehead atoms. The van der Waals surface area contributed by atoms with Crippen LogP contribution in [0.4, 0.5) is 25.0 Å². The molecule has 2 saturated heterocycles. The first kappa shape index (κ1) is 18.8. The number of aliphatic hydroxyl groups excluding tert-OH is 1. The van der Waals surface area contributed by atoms with Gasteiger partial charge in [0, 0.05) is 38.6 Å². The predicted molar refractivity (Wildman–Crippen MR) is 89.7 cm³/mol. The number of carbonyl (C=O) groups excluding carboxylic acids is 1. The van der Waals surface area contributed by atoms with Gasteiger partial charge in [-0.1, -0.05) is 0 Å². The number of anilines is 2. The van der Waals surface area contributed by atoms with Gasteiger partial charge in [0.15, 0.2) is 0 Å². The van der Waals surface area contributed by atoms with Crippen LogP contribution in [0.15, 0.2) is 24.3 Å². The summed E-state index contributed by atoms with van der Waals surface area (Å²) in [4.78, 5) is 14.8. The summed E-state index contributed by atoms with van der Waals surface area (Å²) in [5.41, 5.74) is 1.20. The number of ether oxygens (including phenoxy) is 3. The van der Waals surface area contributed by atoms with Crippen molar-refractivity contribution in [3.8, 4) is 0 Å². The predicted octanol–water partition coefficient (Wildman–Crippen LogP) is 1.84. The minimum absolute atomic E-state index is 0.0192. The molecule has 7 nitrogen and oxygen atoms in total. The third-order valence-corrected chi connectivity index (χ3v) is 4.92. The van der Waals surface area contributed by atoms with Gasteiger partial charge < -0.3 is 24.2 Å². The Hall–Kier alpha value is -1.97. The fourth-order valence-electron chi connectivity index (χ4n) is 3.38. The molecule has 2 aliphatic heterocycles. The van der Waals surface area contributed by atoms with Crippen molar-refractivity contribution in [3.63, 3.8) is 0 Å². The van der Waals surface area contributed by atoms with Crippen LogP contribution in [-0.2, 0) is 14.2 Å². The number of hydrogen-bond donors (Lipinski definition) is 1. The summed E-state index contributed by atoms with van der Waals surface area (Å²) in [6.07, 6.45) is -1.07. The Labute approximate surface area is 150 Å². The van der Waals surface area contributed by atoms with Crippen LogP contribution in [0, 0.1) is 0 Å². The molecular formula is C17H22F2N2O5. The van der Waals surface area contributed by atoms with Gasteiger partial charge in [-0.3, -0.25) is 4.90 Å². The zero-order chi connectivity index (χ0) is 18.9. The average molecular weight is 372 g/mol. The Morgan fingerprint density at radius 1 is 1.23 bits per heavy atom. The minimum Gasteiger partial charge on any atom is -0.441 e. The summed E-state index contributed by atoms with van der Waals surface area (Å²) in [5.74, 6) is -5.09. The lowest BCUT2D eigenvalue weighted by Gasteiger charge is -2.45. The third-order valence-electron chi connectivity index (χ3n) is 4.92. The summed E-state index contributed by atoms with van der Waals surface area (Å²) in [6.45, 7) is -0.189. The van der Waals surface area contributed by atoms with Gasteiger partial charge in [0.1, 0.15) is 6.10 Å². The van der Waals surface area contributed by atoms with Crippen molar-refractivity contribution in [2.75, 3.05) is 50.3 Å². The quantitative estimate of drug-likeness (QED) is 0.796. The van der Waals surface area contributed by atoms with Crippen molar-refractivity contribution >= 4 is 17.5 Å². The summed E-state index contributed by atoms with van der Waals surface area (Å²) in [7, 11) is 2.44. The fourth-order valence-corrected chi connectivity index (χ4v) is 3.38. The highest BCUT2D eigenvalue weighted by Gasteiger charge is 2.58. The van der Waals surface area contributed by atoms with Crippen LogP contribution >= 0.6 is 0 Å². The van der Waals surface area contributed by atoms with Gasteiger partial charge in [0.25, 0.3) is 0 Å². The number of rotatable bonds is 5. The Kier molecular flexibility index (Phi) is 5.05. The molecule has 1 aromatic carbocycles. The number of aliphatic hydroxyl groups is 1. The molecule has 0 saturated carbocycles. The highest BCUT2D eigenvalue weighted by atomic mass is 19.3. The number of hydrogen-bond acceptors (Lipinski definition) is 6. The second kappa shape index (κ2) is 6.98. The lowest BCUT2D eigenvalue weighted by atomic mass is 9.98. The molecule has 1 atom stereocenters. The van der Waals surface area contributed by atoms with E-state index in [0.717, 1.165) is 0 Å². The largest absolute Gasteiger partial charge is 0.441 e. The molecular weight excluding hydrogens is 350 g/mol. The van der Waals surface area contributed by atoms with E-state index in [1.54, 1.807) is 29.2 Å². The van der Waals surface area contributed by atoms with Crippen LogP contribution in [0.2, 0.25) is 0 Å². The normalized spacial score (nSPS) is 24.7. The maximum atomic E-state index is 14.5. The summed E-state index contributed by atoms with van der Waals surface area (Å²) >= 11 is 0. The first-order chi connectivity index (χ1) is 12.4. The first-order valence-corrected chi connectivity index (χ1v) is 8.28. The summed E-state index contributed by atoms with van der Waals surface area (Å²) in [6, 6.07) is 6.70. The number of methoxy groups -OCH3 is 2. The molecule has 3 rings (SSSR count). The number of cyclic esters (lactones) is 1. The summed E-state index contributed by atoms with van der Waals surface area (Å²) in [5, 5.41) is 9.09. The van der Waals surface area contributed by atoms with Crippen LogP contribution in [0.25, 0.3) is 0 Å². The van der Waals surface area contributed by atoms with E-state index in [0.29, 0.717) is 17.9 Å². The molecule has 2 aliphatic rings. The summed E-state index contributed by atoms with van der Waals surface area (Å²) < 4.78 is 44.0. The molecule has 0 unspecified atom stereocenters. The molecule has 2 fully saturated rings. The Bertz CT molecular complexity index is 651. The van der Waals surface area contributed by atoms with Crippen LogP contribution < -0.4 is 9.80 Å². The van der Waals surface area contributed by atoms with Crippen molar-refractivity contribution in [1.29, 1.82) is 0 Å². The van der Waals surface area contributed by atoms with E-state index in [1.807, 2.05) is 0 Å². The standard InChI is InChI=1S/C17H22F2N2O5/c1-24-17(25-2)7-8-20(11-16(17,18)19)12-3-5-13(6-4-12)21-9-14(10-22)26-15(21)23/h3-6,14,22H,7-11H2,1-2H3/t14-/m1/s1. The molecule has 1 amide bonds. The number of halogens is 2. The second-order valence-electron chi connectivity index (χ2n) is 6.35. The lowest BCUT2D eigenvalue weighted by Crippen LogP contribution is -2.62. The van der Waals surface area contributed by atoms with E-state index in [4.69, 9.17) is 19.3 Å². The zero-order valence-corrected chi connectivity index (χ0v) is 14.7. The molecule has 0 aliphatic carbocycles. The van der Waals surface area contributed by atoms with Gasteiger partial charge in [0.05, 0.1) is 19.7 Å². The third kappa shape index (κ3) is 3.10. The van der Waals surface area contributed by atoms with Gasteiger partial charge in [-0.05, 0) is 24.3 Å². The number of nitrogens with zero attached hydrogens (tertiary/aromatic N) is 2. The first-order valence-electron chi connectivity index (χ1n) is 8.28. The molecule has 0 spiro atoms. The van der Waals surface area contributed by atoms with E-state index in [1.165, 1.54) is 19.1 Å². The van der Waals surface area contributed by atoms with Gasteiger partial charge in [0.2, 0.25) is 5.79 Å². The zero-order valence-electron chi connectivity index (χ0n) is 14.7. The molecule has 1 N–H and O–H groups in total. The number of amides is 1. The highest BCUT2D eigenvalue weighted by molar-refractivity contribution is 5.90. The van der Waals surface area contributed by atoms with E-state index < -0.39 is 30.5 Å². The maximum Gasteiger partial charge on any atom is 0.414 e. The molecule has 0 aromatic heterocycles. The topological polar surface area (TPSA) is 71.5 Å². The van der Waals surface area contributed by atoms with Gasteiger partial charge in [-0.25, -0.2) is 4.79 Å². The molecule has 1 aromatic rings. The van der Waals surface area contributed by atoms with Crippen LogP contribution in [0.3, 0.4) is 0 Å². The maximum absolute atomic E-state index is 14.5. The van der Waals surface area contributed by atoms with E-state index in [9.17, 15) is 13.6 Å². The van der Waals surface area contributed by atoms with Gasteiger partial charge >= 0.3 is 12.0 Å². The van der Waals surface area contributed by atoms with Crippen molar-refractivity contribution in [2.45, 2.75) is 24.2 Å². The molecule has 0 radical (unpaired) electrons. The van der Waals surface area contributed by atoms with Gasteiger partial charge in [-0.15, -0.1) is 0 Å². The van der Waals surface area contributed by atoms with E-state index in [-0.39, 0.29) is 19.6 Å². The number of alkyl halides is 2. The molecule has 26 heavy (non-hydrogen) atoms. The van der Waals surface area contributed by atoms with Crippen LogP contribution in [0.5, 0.6) is 0 Å². The van der Waals surface area contributed by atoms with Crippen molar-refractivity contribution in [3.05, 3.63) is 24.3 Å². The SMILES string of the molecule is COC1(OC)CCN(c2ccc(N3C[C@H](CO)OC3=O)cc2)CC1(F)F. The fraction of sp³-hybridized carbons (Fsp3) is 0.588. The second-order valence-corrected chi connectivity index (χ2v) is 6.35. The van der Waals surface area contributed by atoms with E-state index in [2.05, 4.69) is 0 Å². The number of carbonyl (C=O) groups is 1. The Balaban J connectivity index is 1.73. The smallest absolute Gasteiger partial charge is 0.414 e. The Morgan fingerprint density at radius 2 is 1.85 bits per heavy atom. The molecule has 2 heterocycles. The Morgan fingerprint density at radius 3 is 2.35 bits per heavy atom. The number of piperidine rings is 1. The minimum atomic E-state index is -3.18. The van der Waals surface area contributed by atoms with Crippen molar-refractivity contribution in [2.24, 2.45) is 0 Å². The van der Waals surface area contributed by atoms with Crippen molar-refractivity contribution < 1.29 is 32.9 Å². The molecule has 144 valence electrons. The molecule has 9 heteroatoms. The van der Waals surface area contributed by atoms with E-state index >= 15 is 0 Å².